The molecule has 0 aliphatic carbocycles. The highest BCUT2D eigenvalue weighted by Crippen LogP contribution is 2.25. The molecule has 21 heavy (non-hydrogen) atoms. The molecule has 0 spiro atoms. The summed E-state index contributed by atoms with van der Waals surface area (Å²) in [5.74, 6) is -0.316. The quantitative estimate of drug-likeness (QED) is 0.837. The summed E-state index contributed by atoms with van der Waals surface area (Å²) in [4.78, 5) is 12.2. The first kappa shape index (κ1) is 15.8. The normalized spacial score (nSPS) is 14.4. The molecule has 7 heteroatoms. The predicted octanol–water partition coefficient (Wildman–Crippen LogP) is 0.666. The molecule has 0 saturated heterocycles. The lowest BCUT2D eigenvalue weighted by molar-refractivity contribution is 0.0955. The molecule has 6 nitrogen and oxygen atoms in total. The van der Waals surface area contributed by atoms with E-state index < -0.39 is 10.0 Å². The van der Waals surface area contributed by atoms with Crippen molar-refractivity contribution in [2.45, 2.75) is 12.8 Å². The summed E-state index contributed by atoms with van der Waals surface area (Å²) in [5, 5.41) is 5.96. The molecule has 1 aliphatic rings. The molecule has 1 aliphatic heterocycles. The molecule has 0 saturated carbocycles. The minimum absolute atomic E-state index is 0.0982. The number of carbonyl (C=O) groups is 1. The Morgan fingerprint density at radius 2 is 2.14 bits per heavy atom. The fraction of sp³-hybridized carbons (Fsp3) is 0.500. The summed E-state index contributed by atoms with van der Waals surface area (Å²) >= 11 is 0. The van der Waals surface area contributed by atoms with Crippen molar-refractivity contribution in [3.8, 4) is 0 Å². The van der Waals surface area contributed by atoms with Crippen LogP contribution < -0.4 is 10.6 Å². The van der Waals surface area contributed by atoms with Gasteiger partial charge in [-0.2, -0.15) is 0 Å². The Bertz CT molecular complexity index is 626. The Hall–Kier alpha value is -1.60. The average Bonchev–Trinajstić information content (AvgIpc) is 2.46. The van der Waals surface area contributed by atoms with Gasteiger partial charge in [-0.05, 0) is 30.5 Å². The SMILES string of the molecule is CN(C)S(=O)(=O)CCNC(=O)c1cccc2c1CCCN2. The molecule has 0 aromatic heterocycles. The van der Waals surface area contributed by atoms with Crippen LogP contribution in [0.3, 0.4) is 0 Å². The number of rotatable bonds is 5. The first-order chi connectivity index (χ1) is 9.92. The molecule has 0 atom stereocenters. The van der Waals surface area contributed by atoms with Crippen LogP contribution in [0.5, 0.6) is 0 Å². The van der Waals surface area contributed by atoms with E-state index in [-0.39, 0.29) is 18.2 Å². The average molecular weight is 311 g/mol. The molecule has 116 valence electrons. The second kappa shape index (κ2) is 6.44. The monoisotopic (exact) mass is 311 g/mol. The molecular formula is C14H21N3O3S. The van der Waals surface area contributed by atoms with E-state index in [0.717, 1.165) is 34.9 Å². The van der Waals surface area contributed by atoms with Gasteiger partial charge in [0.2, 0.25) is 10.0 Å². The van der Waals surface area contributed by atoms with Crippen molar-refractivity contribution in [2.75, 3.05) is 38.3 Å². The highest BCUT2D eigenvalue weighted by molar-refractivity contribution is 7.89. The number of hydrogen-bond acceptors (Lipinski definition) is 4. The predicted molar refractivity (Wildman–Crippen MR) is 83.1 cm³/mol. The van der Waals surface area contributed by atoms with Gasteiger partial charge in [0.25, 0.3) is 5.91 Å². The highest BCUT2D eigenvalue weighted by Gasteiger charge is 2.18. The van der Waals surface area contributed by atoms with Crippen molar-refractivity contribution >= 4 is 21.6 Å². The summed E-state index contributed by atoms with van der Waals surface area (Å²) in [6, 6.07) is 5.58. The second-order valence-corrected chi connectivity index (χ2v) is 7.52. The number of benzene rings is 1. The van der Waals surface area contributed by atoms with E-state index in [1.54, 1.807) is 6.07 Å². The van der Waals surface area contributed by atoms with Gasteiger partial charge in [-0.3, -0.25) is 4.79 Å². The molecule has 1 heterocycles. The highest BCUT2D eigenvalue weighted by atomic mass is 32.2. The minimum Gasteiger partial charge on any atom is -0.385 e. The van der Waals surface area contributed by atoms with E-state index in [9.17, 15) is 13.2 Å². The molecule has 1 aromatic rings. The van der Waals surface area contributed by atoms with Gasteiger partial charge in [0.1, 0.15) is 0 Å². The van der Waals surface area contributed by atoms with Crippen molar-refractivity contribution in [1.29, 1.82) is 0 Å². The van der Waals surface area contributed by atoms with E-state index in [4.69, 9.17) is 0 Å². The van der Waals surface area contributed by atoms with E-state index in [2.05, 4.69) is 10.6 Å². The first-order valence-corrected chi connectivity index (χ1v) is 8.57. The zero-order chi connectivity index (χ0) is 15.5. The maximum atomic E-state index is 12.2. The number of anilines is 1. The Labute approximate surface area is 125 Å². The van der Waals surface area contributed by atoms with Crippen LogP contribution >= 0.6 is 0 Å². The topological polar surface area (TPSA) is 78.5 Å². The van der Waals surface area contributed by atoms with Crippen LogP contribution in [0.4, 0.5) is 5.69 Å². The summed E-state index contributed by atoms with van der Waals surface area (Å²) in [6.45, 7) is 1.02. The molecule has 1 aromatic carbocycles. The van der Waals surface area contributed by atoms with Crippen LogP contribution in [0.25, 0.3) is 0 Å². The van der Waals surface area contributed by atoms with Gasteiger partial charge in [0.15, 0.2) is 0 Å². The van der Waals surface area contributed by atoms with Crippen LogP contribution in [0, 0.1) is 0 Å². The van der Waals surface area contributed by atoms with Crippen molar-refractivity contribution in [3.05, 3.63) is 29.3 Å². The van der Waals surface area contributed by atoms with E-state index >= 15 is 0 Å². The Kier molecular flexibility index (Phi) is 4.84. The molecule has 0 bridgehead atoms. The first-order valence-electron chi connectivity index (χ1n) is 6.96. The van der Waals surface area contributed by atoms with E-state index in [0.29, 0.717) is 5.56 Å². The van der Waals surface area contributed by atoms with Gasteiger partial charge in [-0.1, -0.05) is 6.07 Å². The minimum atomic E-state index is -3.29. The third kappa shape index (κ3) is 3.74. The number of nitrogens with one attached hydrogen (secondary N) is 2. The van der Waals surface area contributed by atoms with Gasteiger partial charge >= 0.3 is 0 Å². The molecule has 2 rings (SSSR count). The molecule has 1 amide bonds. The number of amides is 1. The van der Waals surface area contributed by atoms with E-state index in [1.807, 2.05) is 12.1 Å². The van der Waals surface area contributed by atoms with Crippen LogP contribution in [-0.4, -0.2) is 51.6 Å². The summed E-state index contributed by atoms with van der Waals surface area (Å²) < 4.78 is 24.5. The number of fused-ring (bicyclic) bond motifs is 1. The van der Waals surface area contributed by atoms with Gasteiger partial charge in [0.05, 0.1) is 5.75 Å². The molecule has 0 radical (unpaired) electrons. The number of sulfonamides is 1. The lowest BCUT2D eigenvalue weighted by atomic mass is 9.97. The van der Waals surface area contributed by atoms with E-state index in [1.165, 1.54) is 14.1 Å². The molecule has 0 unspecified atom stereocenters. The van der Waals surface area contributed by atoms with Crippen molar-refractivity contribution in [3.63, 3.8) is 0 Å². The number of carbonyl (C=O) groups excluding carboxylic acids is 1. The Morgan fingerprint density at radius 1 is 1.38 bits per heavy atom. The van der Waals surface area contributed by atoms with Crippen molar-refractivity contribution < 1.29 is 13.2 Å². The largest absolute Gasteiger partial charge is 0.385 e. The Balaban J connectivity index is 2.02. The van der Waals surface area contributed by atoms with Crippen LogP contribution in [0.2, 0.25) is 0 Å². The maximum absolute atomic E-state index is 12.2. The maximum Gasteiger partial charge on any atom is 0.251 e. The van der Waals surface area contributed by atoms with Gasteiger partial charge in [0, 0.05) is 38.4 Å². The third-order valence-corrected chi connectivity index (χ3v) is 5.37. The lowest BCUT2D eigenvalue weighted by Crippen LogP contribution is -2.34. The number of hydrogen-bond donors (Lipinski definition) is 2. The molecular weight excluding hydrogens is 290 g/mol. The third-order valence-electron chi connectivity index (χ3n) is 3.54. The number of nitrogens with zero attached hydrogens (tertiary/aromatic N) is 1. The smallest absolute Gasteiger partial charge is 0.251 e. The lowest BCUT2D eigenvalue weighted by Gasteiger charge is -2.20. The summed E-state index contributed by atoms with van der Waals surface area (Å²) in [6.07, 6.45) is 1.86. The zero-order valence-electron chi connectivity index (χ0n) is 12.3. The van der Waals surface area contributed by atoms with Gasteiger partial charge in [-0.15, -0.1) is 0 Å². The summed E-state index contributed by atoms with van der Waals surface area (Å²) in [5.41, 5.74) is 2.63. The van der Waals surface area contributed by atoms with Crippen LogP contribution in [-0.2, 0) is 16.4 Å². The molecule has 0 fully saturated rings. The van der Waals surface area contributed by atoms with Gasteiger partial charge < -0.3 is 10.6 Å². The van der Waals surface area contributed by atoms with Crippen molar-refractivity contribution in [1.82, 2.24) is 9.62 Å². The van der Waals surface area contributed by atoms with Crippen LogP contribution in [0.15, 0.2) is 18.2 Å². The van der Waals surface area contributed by atoms with Crippen LogP contribution in [0.1, 0.15) is 22.3 Å². The van der Waals surface area contributed by atoms with Crippen molar-refractivity contribution in [2.24, 2.45) is 0 Å². The standard InChI is InChI=1S/C14H21N3O3S/c1-17(2)21(19,20)10-9-16-14(18)12-5-3-7-13-11(12)6-4-8-15-13/h3,5,7,15H,4,6,8-10H2,1-2H3,(H,16,18). The van der Waals surface area contributed by atoms with Gasteiger partial charge in [-0.25, -0.2) is 12.7 Å². The summed E-state index contributed by atoms with van der Waals surface area (Å²) in [7, 11) is -0.322. The fourth-order valence-corrected chi connectivity index (χ4v) is 3.02. The zero-order valence-corrected chi connectivity index (χ0v) is 13.2. The fourth-order valence-electron chi connectivity index (χ4n) is 2.29. The Morgan fingerprint density at radius 3 is 2.86 bits per heavy atom. The molecule has 2 N–H and O–H groups in total. The second-order valence-electron chi connectivity index (χ2n) is 5.22.